The number of halogens is 1. The zero-order valence-corrected chi connectivity index (χ0v) is 18.1. The van der Waals surface area contributed by atoms with Gasteiger partial charge >= 0.3 is 5.97 Å². The number of aliphatic imine (C=N–C) groups is 1. The first-order valence-corrected chi connectivity index (χ1v) is 8.82. The Labute approximate surface area is 177 Å². The SMILES string of the molecule is CCNC(=NCCc1ccccn1)NCCc1ccc(C(=O)OC)cc1.I. The number of rotatable bonds is 8. The predicted octanol–water partition coefficient (Wildman–Crippen LogP) is 2.83. The Bertz CT molecular complexity index is 706. The fourth-order valence-corrected chi connectivity index (χ4v) is 2.42. The van der Waals surface area contributed by atoms with Crippen LogP contribution in [0.5, 0.6) is 0 Å². The van der Waals surface area contributed by atoms with Crippen LogP contribution in [-0.2, 0) is 17.6 Å². The summed E-state index contributed by atoms with van der Waals surface area (Å²) in [6.45, 7) is 4.29. The first kappa shape index (κ1) is 22.9. The molecule has 146 valence electrons. The molecule has 0 saturated heterocycles. The van der Waals surface area contributed by atoms with E-state index in [1.54, 1.807) is 18.3 Å². The molecule has 0 aliphatic heterocycles. The molecule has 1 heterocycles. The molecule has 2 rings (SSSR count). The maximum absolute atomic E-state index is 11.4. The fourth-order valence-electron chi connectivity index (χ4n) is 2.42. The molecular weight excluding hydrogens is 455 g/mol. The molecule has 1 aromatic carbocycles. The van der Waals surface area contributed by atoms with Gasteiger partial charge < -0.3 is 15.4 Å². The van der Waals surface area contributed by atoms with Gasteiger partial charge in [-0.3, -0.25) is 9.98 Å². The molecule has 0 aliphatic rings. The quantitative estimate of drug-likeness (QED) is 0.262. The highest BCUT2D eigenvalue weighted by atomic mass is 127. The van der Waals surface area contributed by atoms with Crippen molar-refractivity contribution in [2.75, 3.05) is 26.7 Å². The second kappa shape index (κ2) is 13.1. The van der Waals surface area contributed by atoms with Crippen molar-refractivity contribution in [2.24, 2.45) is 4.99 Å². The Morgan fingerprint density at radius 2 is 1.89 bits per heavy atom. The van der Waals surface area contributed by atoms with E-state index in [0.29, 0.717) is 12.1 Å². The topological polar surface area (TPSA) is 75.6 Å². The molecule has 6 nitrogen and oxygen atoms in total. The van der Waals surface area contributed by atoms with E-state index in [2.05, 4.69) is 20.6 Å². The van der Waals surface area contributed by atoms with Crippen molar-refractivity contribution in [1.29, 1.82) is 0 Å². The standard InChI is InChI=1S/C20H26N4O2.HI/c1-3-21-20(24-15-12-18-6-4-5-13-22-18)23-14-11-16-7-9-17(10-8-16)19(25)26-2;/h4-10,13H,3,11-12,14-15H2,1-2H3,(H2,21,23,24);1H. The Morgan fingerprint density at radius 3 is 2.52 bits per heavy atom. The summed E-state index contributed by atoms with van der Waals surface area (Å²) in [4.78, 5) is 20.3. The molecule has 0 radical (unpaired) electrons. The number of guanidine groups is 1. The lowest BCUT2D eigenvalue weighted by Gasteiger charge is -2.11. The maximum Gasteiger partial charge on any atom is 0.337 e. The smallest absolute Gasteiger partial charge is 0.337 e. The van der Waals surface area contributed by atoms with E-state index in [0.717, 1.165) is 43.1 Å². The van der Waals surface area contributed by atoms with Gasteiger partial charge in [-0.15, -0.1) is 24.0 Å². The summed E-state index contributed by atoms with van der Waals surface area (Å²) in [5.41, 5.74) is 2.75. The van der Waals surface area contributed by atoms with Crippen molar-refractivity contribution < 1.29 is 9.53 Å². The molecule has 1 aromatic heterocycles. The summed E-state index contributed by atoms with van der Waals surface area (Å²) >= 11 is 0. The third-order valence-corrected chi connectivity index (χ3v) is 3.79. The Hall–Kier alpha value is -2.16. The van der Waals surface area contributed by atoms with Gasteiger partial charge in [-0.1, -0.05) is 18.2 Å². The van der Waals surface area contributed by atoms with E-state index >= 15 is 0 Å². The number of methoxy groups -OCH3 is 1. The average molecular weight is 482 g/mol. The van der Waals surface area contributed by atoms with E-state index in [4.69, 9.17) is 4.74 Å². The molecule has 0 bridgehead atoms. The maximum atomic E-state index is 11.4. The van der Waals surface area contributed by atoms with E-state index in [9.17, 15) is 4.79 Å². The van der Waals surface area contributed by atoms with Gasteiger partial charge in [0.05, 0.1) is 12.7 Å². The van der Waals surface area contributed by atoms with Crippen molar-refractivity contribution in [2.45, 2.75) is 19.8 Å². The lowest BCUT2D eigenvalue weighted by molar-refractivity contribution is 0.0600. The molecule has 2 aromatic rings. The first-order chi connectivity index (χ1) is 12.7. The van der Waals surface area contributed by atoms with Gasteiger partial charge in [-0.2, -0.15) is 0 Å². The van der Waals surface area contributed by atoms with Crippen molar-refractivity contribution >= 4 is 35.9 Å². The minimum absolute atomic E-state index is 0. The van der Waals surface area contributed by atoms with Crippen molar-refractivity contribution in [3.8, 4) is 0 Å². The van der Waals surface area contributed by atoms with Crippen LogP contribution in [0.3, 0.4) is 0 Å². The number of esters is 1. The molecule has 0 fully saturated rings. The van der Waals surface area contributed by atoms with E-state index in [-0.39, 0.29) is 29.9 Å². The number of hydrogen-bond acceptors (Lipinski definition) is 4. The van der Waals surface area contributed by atoms with Crippen LogP contribution < -0.4 is 10.6 Å². The Kier molecular flexibility index (Phi) is 11.1. The average Bonchev–Trinajstić information content (AvgIpc) is 2.69. The van der Waals surface area contributed by atoms with E-state index < -0.39 is 0 Å². The molecular formula is C20H27IN4O2. The second-order valence-electron chi connectivity index (χ2n) is 5.70. The van der Waals surface area contributed by atoms with Crippen LogP contribution in [0.4, 0.5) is 0 Å². The third kappa shape index (κ3) is 8.38. The predicted molar refractivity (Wildman–Crippen MR) is 119 cm³/mol. The number of hydrogen-bond donors (Lipinski definition) is 2. The van der Waals surface area contributed by atoms with Gasteiger partial charge in [0.1, 0.15) is 0 Å². The van der Waals surface area contributed by atoms with Crippen LogP contribution in [0.25, 0.3) is 0 Å². The molecule has 0 saturated carbocycles. The third-order valence-electron chi connectivity index (χ3n) is 3.79. The number of aromatic nitrogens is 1. The van der Waals surface area contributed by atoms with Crippen LogP contribution in [0.15, 0.2) is 53.7 Å². The van der Waals surface area contributed by atoms with Gasteiger partial charge in [-0.05, 0) is 43.2 Å². The van der Waals surface area contributed by atoms with Crippen LogP contribution in [-0.4, -0.2) is 43.7 Å². The number of nitrogens with one attached hydrogen (secondary N) is 2. The minimum atomic E-state index is -0.316. The lowest BCUT2D eigenvalue weighted by atomic mass is 10.1. The first-order valence-electron chi connectivity index (χ1n) is 8.82. The summed E-state index contributed by atoms with van der Waals surface area (Å²) in [5, 5.41) is 6.57. The number of carbonyl (C=O) groups excluding carboxylic acids is 1. The molecule has 0 amide bonds. The van der Waals surface area contributed by atoms with E-state index in [1.807, 2.05) is 37.3 Å². The molecule has 0 spiro atoms. The highest BCUT2D eigenvalue weighted by Gasteiger charge is 2.04. The monoisotopic (exact) mass is 482 g/mol. The fraction of sp³-hybridized carbons (Fsp3) is 0.350. The summed E-state index contributed by atoms with van der Waals surface area (Å²) in [6, 6.07) is 13.4. The molecule has 0 aliphatic carbocycles. The normalized spacial score (nSPS) is 10.7. The minimum Gasteiger partial charge on any atom is -0.465 e. The van der Waals surface area contributed by atoms with Gasteiger partial charge in [0.2, 0.25) is 0 Å². The molecule has 2 N–H and O–H groups in total. The molecule has 0 unspecified atom stereocenters. The van der Waals surface area contributed by atoms with Gasteiger partial charge in [0.15, 0.2) is 5.96 Å². The van der Waals surface area contributed by atoms with Crippen molar-refractivity contribution in [1.82, 2.24) is 15.6 Å². The number of ether oxygens (including phenoxy) is 1. The van der Waals surface area contributed by atoms with Crippen LogP contribution in [0.2, 0.25) is 0 Å². The lowest BCUT2D eigenvalue weighted by Crippen LogP contribution is -2.38. The summed E-state index contributed by atoms with van der Waals surface area (Å²) in [7, 11) is 1.38. The van der Waals surface area contributed by atoms with Gasteiger partial charge in [-0.25, -0.2) is 4.79 Å². The summed E-state index contributed by atoms with van der Waals surface area (Å²) in [6.07, 6.45) is 3.45. The van der Waals surface area contributed by atoms with Crippen LogP contribution in [0.1, 0.15) is 28.5 Å². The largest absolute Gasteiger partial charge is 0.465 e. The summed E-state index contributed by atoms with van der Waals surface area (Å²) in [5.74, 6) is 0.485. The molecule has 7 heteroatoms. The van der Waals surface area contributed by atoms with Gasteiger partial charge in [0.25, 0.3) is 0 Å². The van der Waals surface area contributed by atoms with Crippen LogP contribution in [0, 0.1) is 0 Å². The van der Waals surface area contributed by atoms with Crippen LogP contribution >= 0.6 is 24.0 Å². The Morgan fingerprint density at radius 1 is 1.11 bits per heavy atom. The molecule has 27 heavy (non-hydrogen) atoms. The number of benzene rings is 1. The number of carbonyl (C=O) groups is 1. The van der Waals surface area contributed by atoms with Crippen molar-refractivity contribution in [3.05, 3.63) is 65.5 Å². The van der Waals surface area contributed by atoms with Gasteiger partial charge in [0, 0.05) is 37.9 Å². The highest BCUT2D eigenvalue weighted by molar-refractivity contribution is 14.0. The zero-order chi connectivity index (χ0) is 18.6. The number of pyridine rings is 1. The number of nitrogens with zero attached hydrogens (tertiary/aromatic N) is 2. The molecule has 0 atom stereocenters. The zero-order valence-electron chi connectivity index (χ0n) is 15.8. The van der Waals surface area contributed by atoms with Crippen molar-refractivity contribution in [3.63, 3.8) is 0 Å². The summed E-state index contributed by atoms with van der Waals surface area (Å²) < 4.78 is 4.71. The second-order valence-corrected chi connectivity index (χ2v) is 5.70. The Balaban J connectivity index is 0.00000364. The van der Waals surface area contributed by atoms with E-state index in [1.165, 1.54) is 7.11 Å². The highest BCUT2D eigenvalue weighted by Crippen LogP contribution is 2.06.